The van der Waals surface area contributed by atoms with Gasteiger partial charge in [-0.25, -0.2) is 9.59 Å². The SMILES string of the molecule is CCOc1ccc(N(C(=O)CC)C(C)CN2CCN(CCc3ccccc3)CC2)cc1.O=C(O)C(=O)O. The number of hydrogen-bond acceptors (Lipinski definition) is 6. The summed E-state index contributed by atoms with van der Waals surface area (Å²) in [7, 11) is 0. The first-order valence-electron chi connectivity index (χ1n) is 12.7. The van der Waals surface area contributed by atoms with E-state index in [9.17, 15) is 4.79 Å². The average Bonchev–Trinajstić information content (AvgIpc) is 2.90. The lowest BCUT2D eigenvalue weighted by Gasteiger charge is -2.38. The van der Waals surface area contributed by atoms with E-state index in [0.29, 0.717) is 13.0 Å². The van der Waals surface area contributed by atoms with Crippen LogP contribution in [0.15, 0.2) is 54.6 Å². The predicted octanol–water partition coefficient (Wildman–Crippen LogP) is 3.23. The third kappa shape index (κ3) is 10.2. The quantitative estimate of drug-likeness (QED) is 0.466. The van der Waals surface area contributed by atoms with Crippen molar-refractivity contribution in [1.29, 1.82) is 0 Å². The second-order valence-electron chi connectivity index (χ2n) is 8.88. The van der Waals surface area contributed by atoms with Crippen molar-refractivity contribution >= 4 is 23.5 Å². The molecule has 0 aromatic heterocycles. The van der Waals surface area contributed by atoms with Gasteiger partial charge in [0.1, 0.15) is 5.75 Å². The summed E-state index contributed by atoms with van der Waals surface area (Å²) in [5.74, 6) is -2.64. The van der Waals surface area contributed by atoms with Crippen molar-refractivity contribution in [2.24, 2.45) is 0 Å². The minimum absolute atomic E-state index is 0.126. The molecule has 1 unspecified atom stereocenters. The summed E-state index contributed by atoms with van der Waals surface area (Å²) in [6, 6.07) is 18.7. The minimum Gasteiger partial charge on any atom is -0.494 e. The molecular formula is C28H39N3O6. The number of carboxylic acids is 2. The third-order valence-corrected chi connectivity index (χ3v) is 6.17. The zero-order valence-electron chi connectivity index (χ0n) is 22.0. The summed E-state index contributed by atoms with van der Waals surface area (Å²) >= 11 is 0. The third-order valence-electron chi connectivity index (χ3n) is 6.17. The number of rotatable bonds is 10. The maximum atomic E-state index is 12.7. The van der Waals surface area contributed by atoms with Crippen molar-refractivity contribution in [3.63, 3.8) is 0 Å². The van der Waals surface area contributed by atoms with E-state index in [1.54, 1.807) is 0 Å². The molecule has 1 heterocycles. The van der Waals surface area contributed by atoms with Crippen LogP contribution >= 0.6 is 0 Å². The van der Waals surface area contributed by atoms with E-state index in [0.717, 1.165) is 57.1 Å². The molecule has 1 amide bonds. The Morgan fingerprint density at radius 1 is 0.892 bits per heavy atom. The molecule has 1 atom stereocenters. The zero-order valence-corrected chi connectivity index (χ0v) is 22.0. The molecule has 9 heteroatoms. The van der Waals surface area contributed by atoms with Gasteiger partial charge >= 0.3 is 11.9 Å². The molecule has 9 nitrogen and oxygen atoms in total. The molecule has 1 saturated heterocycles. The van der Waals surface area contributed by atoms with Crippen LogP contribution in [0.2, 0.25) is 0 Å². The molecular weight excluding hydrogens is 474 g/mol. The van der Waals surface area contributed by atoms with Crippen LogP contribution in [0.5, 0.6) is 5.75 Å². The average molecular weight is 514 g/mol. The molecule has 0 spiro atoms. The van der Waals surface area contributed by atoms with Gasteiger partial charge < -0.3 is 24.7 Å². The fourth-order valence-electron chi connectivity index (χ4n) is 4.27. The zero-order chi connectivity index (χ0) is 27.2. The molecule has 1 aliphatic rings. The molecule has 202 valence electrons. The summed E-state index contributed by atoms with van der Waals surface area (Å²) in [5.41, 5.74) is 2.35. The van der Waals surface area contributed by atoms with Gasteiger partial charge in [-0.3, -0.25) is 9.69 Å². The normalized spacial score (nSPS) is 14.7. The van der Waals surface area contributed by atoms with Crippen LogP contribution in [-0.4, -0.2) is 89.8 Å². The predicted molar refractivity (Wildman–Crippen MR) is 143 cm³/mol. The largest absolute Gasteiger partial charge is 0.494 e. The Hall–Kier alpha value is -3.43. The van der Waals surface area contributed by atoms with Crippen LogP contribution in [-0.2, 0) is 20.8 Å². The molecule has 1 aliphatic heterocycles. The van der Waals surface area contributed by atoms with E-state index >= 15 is 0 Å². The highest BCUT2D eigenvalue weighted by Crippen LogP contribution is 2.23. The van der Waals surface area contributed by atoms with Crippen LogP contribution in [0.1, 0.15) is 32.8 Å². The number of aliphatic carboxylic acids is 2. The first kappa shape index (κ1) is 29.8. The van der Waals surface area contributed by atoms with Crippen LogP contribution in [0.3, 0.4) is 0 Å². The lowest BCUT2D eigenvalue weighted by molar-refractivity contribution is -0.159. The molecule has 0 saturated carbocycles. The number of benzene rings is 2. The maximum Gasteiger partial charge on any atom is 0.414 e. The Morgan fingerprint density at radius 3 is 1.97 bits per heavy atom. The molecule has 0 bridgehead atoms. The molecule has 37 heavy (non-hydrogen) atoms. The van der Waals surface area contributed by atoms with Gasteiger partial charge in [0.05, 0.1) is 6.61 Å². The summed E-state index contributed by atoms with van der Waals surface area (Å²) < 4.78 is 5.55. The maximum absolute atomic E-state index is 12.7. The molecule has 1 fully saturated rings. The highest BCUT2D eigenvalue weighted by molar-refractivity contribution is 6.27. The number of anilines is 1. The molecule has 2 N–H and O–H groups in total. The van der Waals surface area contributed by atoms with Crippen molar-refractivity contribution in [3.05, 3.63) is 60.2 Å². The Labute approximate surface area is 219 Å². The van der Waals surface area contributed by atoms with Gasteiger partial charge in [-0.15, -0.1) is 0 Å². The number of piperazine rings is 1. The molecule has 2 aromatic rings. The first-order chi connectivity index (χ1) is 17.7. The van der Waals surface area contributed by atoms with Gasteiger partial charge in [-0.1, -0.05) is 37.3 Å². The fourth-order valence-corrected chi connectivity index (χ4v) is 4.27. The second kappa shape index (κ2) is 15.6. The highest BCUT2D eigenvalue weighted by Gasteiger charge is 2.25. The number of amides is 1. The lowest BCUT2D eigenvalue weighted by Crippen LogP contribution is -2.52. The van der Waals surface area contributed by atoms with Gasteiger partial charge in [0.2, 0.25) is 5.91 Å². The van der Waals surface area contributed by atoms with Crippen LogP contribution in [0.4, 0.5) is 5.69 Å². The van der Waals surface area contributed by atoms with Crippen LogP contribution < -0.4 is 9.64 Å². The Kier molecular flexibility index (Phi) is 12.6. The highest BCUT2D eigenvalue weighted by atomic mass is 16.5. The van der Waals surface area contributed by atoms with Gasteiger partial charge in [0.15, 0.2) is 0 Å². The Balaban J connectivity index is 0.000000717. The number of hydrogen-bond donors (Lipinski definition) is 2. The van der Waals surface area contributed by atoms with E-state index in [-0.39, 0.29) is 11.9 Å². The second-order valence-corrected chi connectivity index (χ2v) is 8.88. The monoisotopic (exact) mass is 513 g/mol. The van der Waals surface area contributed by atoms with Gasteiger partial charge in [0, 0.05) is 57.4 Å². The van der Waals surface area contributed by atoms with Gasteiger partial charge in [0.25, 0.3) is 0 Å². The lowest BCUT2D eigenvalue weighted by atomic mass is 10.1. The van der Waals surface area contributed by atoms with E-state index in [2.05, 4.69) is 47.1 Å². The standard InChI is InChI=1S/C26H37N3O2.C2H2O4/c1-4-26(30)29(24-11-13-25(14-12-24)31-5-2)22(3)21-28-19-17-27(18-20-28)16-15-23-9-7-6-8-10-23;3-1(4)2(5)6/h6-14,22H,4-5,15-21H2,1-3H3;(H,3,4)(H,5,6). The van der Waals surface area contributed by atoms with Crippen molar-refractivity contribution in [2.45, 2.75) is 39.7 Å². The van der Waals surface area contributed by atoms with E-state index < -0.39 is 11.9 Å². The van der Waals surface area contributed by atoms with E-state index in [4.69, 9.17) is 24.5 Å². The Bertz CT molecular complexity index is 963. The number of carbonyl (C=O) groups is 3. The summed E-state index contributed by atoms with van der Waals surface area (Å²) in [5, 5.41) is 14.8. The topological polar surface area (TPSA) is 111 Å². The van der Waals surface area contributed by atoms with Crippen LogP contribution in [0.25, 0.3) is 0 Å². The Morgan fingerprint density at radius 2 is 1.46 bits per heavy atom. The molecule has 3 rings (SSSR count). The van der Waals surface area contributed by atoms with Crippen molar-refractivity contribution < 1.29 is 29.3 Å². The fraction of sp³-hybridized carbons (Fsp3) is 0.464. The van der Waals surface area contributed by atoms with Crippen molar-refractivity contribution in [2.75, 3.05) is 50.8 Å². The van der Waals surface area contributed by atoms with E-state index in [1.807, 2.05) is 43.0 Å². The number of nitrogens with zero attached hydrogens (tertiary/aromatic N) is 3. The van der Waals surface area contributed by atoms with Crippen molar-refractivity contribution in [3.8, 4) is 5.75 Å². The summed E-state index contributed by atoms with van der Waals surface area (Å²) in [6.45, 7) is 13.0. The van der Waals surface area contributed by atoms with Crippen molar-refractivity contribution in [1.82, 2.24) is 9.80 Å². The molecule has 0 radical (unpaired) electrons. The van der Waals surface area contributed by atoms with Gasteiger partial charge in [-0.2, -0.15) is 0 Å². The van der Waals surface area contributed by atoms with Gasteiger partial charge in [-0.05, 0) is 50.1 Å². The number of ether oxygens (including phenoxy) is 1. The minimum atomic E-state index is -1.82. The summed E-state index contributed by atoms with van der Waals surface area (Å²) in [4.78, 5) is 37.9. The van der Waals surface area contributed by atoms with E-state index in [1.165, 1.54) is 5.56 Å². The first-order valence-corrected chi connectivity index (χ1v) is 12.7. The number of carbonyl (C=O) groups excluding carboxylic acids is 1. The smallest absolute Gasteiger partial charge is 0.414 e. The summed E-state index contributed by atoms with van der Waals surface area (Å²) in [6.07, 6.45) is 1.61. The molecule has 0 aliphatic carbocycles. The number of carboxylic acid groups (broad SMARTS) is 2. The molecule has 2 aromatic carbocycles. The van der Waals surface area contributed by atoms with Crippen LogP contribution in [0, 0.1) is 0 Å².